The second-order valence-corrected chi connectivity index (χ2v) is 3.26. The van der Waals surface area contributed by atoms with Crippen molar-refractivity contribution in [3.8, 4) is 0 Å². The Kier molecular flexibility index (Phi) is 4.59. The van der Waals surface area contributed by atoms with Crippen LogP contribution in [0.15, 0.2) is 11.8 Å². The molecule has 0 spiro atoms. The van der Waals surface area contributed by atoms with Crippen LogP contribution in [-0.4, -0.2) is 12.3 Å². The van der Waals surface area contributed by atoms with E-state index < -0.39 is 0 Å². The fraction of sp³-hybridized carbons (Fsp3) is 0.667. The molecule has 0 aromatic heterocycles. The third kappa shape index (κ3) is 4.59. The number of rotatable bonds is 4. The van der Waals surface area contributed by atoms with Crippen LogP contribution in [0, 0.1) is 11.3 Å². The Morgan fingerprint density at radius 2 is 1.82 bits per heavy atom. The van der Waals surface area contributed by atoms with E-state index in [1.165, 1.54) is 6.21 Å². The molecule has 0 aliphatic rings. The Morgan fingerprint density at radius 1 is 1.27 bits per heavy atom. The largest absolute Gasteiger partial charge is 0.388 e. The van der Waals surface area contributed by atoms with Gasteiger partial charge in [-0.2, -0.15) is 0 Å². The fourth-order valence-corrected chi connectivity index (χ4v) is 0.638. The van der Waals surface area contributed by atoms with Crippen molar-refractivity contribution in [3.05, 3.63) is 11.8 Å². The van der Waals surface area contributed by atoms with Gasteiger partial charge in [-0.25, -0.2) is 0 Å². The van der Waals surface area contributed by atoms with Crippen LogP contribution in [0.5, 0.6) is 0 Å². The summed E-state index contributed by atoms with van der Waals surface area (Å²) < 4.78 is 0. The van der Waals surface area contributed by atoms with Gasteiger partial charge in [0.2, 0.25) is 0 Å². The smallest absolute Gasteiger partial charge is 0.0226 e. The molecule has 0 aromatic carbocycles. The van der Waals surface area contributed by atoms with E-state index in [9.17, 15) is 0 Å². The van der Waals surface area contributed by atoms with Crippen LogP contribution in [0.4, 0.5) is 0 Å². The summed E-state index contributed by atoms with van der Waals surface area (Å²) in [4.78, 5) is 0. The van der Waals surface area contributed by atoms with E-state index in [1.54, 1.807) is 0 Å². The zero-order chi connectivity index (χ0) is 8.85. The molecule has 2 heteroatoms. The van der Waals surface area contributed by atoms with Gasteiger partial charge >= 0.3 is 0 Å². The summed E-state index contributed by atoms with van der Waals surface area (Å²) in [6, 6.07) is 0.448. The third-order valence-corrected chi connectivity index (χ3v) is 1.42. The molecule has 2 N–H and O–H groups in total. The van der Waals surface area contributed by atoms with Crippen LogP contribution in [0.2, 0.25) is 0 Å². The highest BCUT2D eigenvalue weighted by Crippen LogP contribution is 2.04. The highest BCUT2D eigenvalue weighted by molar-refractivity contribution is 5.75. The van der Waals surface area contributed by atoms with Crippen LogP contribution in [0.3, 0.4) is 0 Å². The first-order chi connectivity index (χ1) is 5.07. The highest BCUT2D eigenvalue weighted by atomic mass is 14.9. The average molecular weight is 154 g/mol. The Labute approximate surface area is 69.2 Å². The van der Waals surface area contributed by atoms with Gasteiger partial charge in [0, 0.05) is 18.5 Å². The van der Waals surface area contributed by atoms with Gasteiger partial charge in [-0.1, -0.05) is 13.8 Å². The van der Waals surface area contributed by atoms with Gasteiger partial charge in [-0.05, 0) is 25.3 Å². The maximum atomic E-state index is 7.10. The first-order valence-electron chi connectivity index (χ1n) is 4.04. The fourth-order valence-electron chi connectivity index (χ4n) is 0.638. The molecule has 0 aromatic rings. The van der Waals surface area contributed by atoms with Crippen LogP contribution in [-0.2, 0) is 0 Å². The number of allylic oxidation sites excluding steroid dienone is 1. The molecule has 64 valence electrons. The van der Waals surface area contributed by atoms with Crippen molar-refractivity contribution >= 4 is 6.21 Å². The molecule has 0 saturated heterocycles. The first kappa shape index (κ1) is 10.2. The van der Waals surface area contributed by atoms with Crippen molar-refractivity contribution < 1.29 is 0 Å². The van der Waals surface area contributed by atoms with Crippen LogP contribution >= 0.6 is 0 Å². The Hall–Kier alpha value is -0.790. The molecule has 0 saturated carbocycles. The van der Waals surface area contributed by atoms with Gasteiger partial charge in [0.1, 0.15) is 0 Å². The number of hydrogen-bond donors (Lipinski definition) is 2. The lowest BCUT2D eigenvalue weighted by Gasteiger charge is -2.08. The summed E-state index contributed by atoms with van der Waals surface area (Å²) >= 11 is 0. The molecule has 0 amide bonds. The molecule has 11 heavy (non-hydrogen) atoms. The minimum absolute atomic E-state index is 0.429. The maximum absolute atomic E-state index is 7.10. The molecule has 2 nitrogen and oxygen atoms in total. The van der Waals surface area contributed by atoms with Crippen molar-refractivity contribution in [1.29, 1.82) is 5.41 Å². The lowest BCUT2D eigenvalue weighted by molar-refractivity contribution is 0.687. The van der Waals surface area contributed by atoms with Gasteiger partial charge in [0.25, 0.3) is 0 Å². The van der Waals surface area contributed by atoms with E-state index in [-0.39, 0.29) is 0 Å². The quantitative estimate of drug-likeness (QED) is 0.598. The van der Waals surface area contributed by atoms with Gasteiger partial charge in [-0.3, -0.25) is 0 Å². The van der Waals surface area contributed by atoms with Crippen molar-refractivity contribution in [1.82, 2.24) is 5.32 Å². The van der Waals surface area contributed by atoms with E-state index in [1.807, 2.05) is 6.20 Å². The molecule has 0 atom stereocenters. The topological polar surface area (TPSA) is 35.9 Å². The van der Waals surface area contributed by atoms with Gasteiger partial charge in [-0.15, -0.1) is 0 Å². The zero-order valence-corrected chi connectivity index (χ0v) is 7.81. The van der Waals surface area contributed by atoms with E-state index in [2.05, 4.69) is 33.0 Å². The Balaban J connectivity index is 4.01. The summed E-state index contributed by atoms with van der Waals surface area (Å²) in [5, 5.41) is 10.3. The first-order valence-corrected chi connectivity index (χ1v) is 4.04. The third-order valence-electron chi connectivity index (χ3n) is 1.42. The molecule has 0 rings (SSSR count). The normalized spacial score (nSPS) is 12.4. The minimum Gasteiger partial charge on any atom is -0.388 e. The Bertz CT molecular complexity index is 146. The highest BCUT2D eigenvalue weighted by Gasteiger charge is 1.98. The average Bonchev–Trinajstić information content (AvgIpc) is 1.87. The van der Waals surface area contributed by atoms with Gasteiger partial charge < -0.3 is 10.7 Å². The molecule has 0 aliphatic heterocycles. The van der Waals surface area contributed by atoms with E-state index in [4.69, 9.17) is 5.41 Å². The van der Waals surface area contributed by atoms with E-state index in [0.717, 1.165) is 5.57 Å². The molecule has 0 aliphatic carbocycles. The SMILES string of the molecule is CC(C)N/C=C(\C=N)C(C)C. The Morgan fingerprint density at radius 3 is 2.09 bits per heavy atom. The summed E-state index contributed by atoms with van der Waals surface area (Å²) in [7, 11) is 0. The van der Waals surface area contributed by atoms with E-state index >= 15 is 0 Å². The second-order valence-electron chi connectivity index (χ2n) is 3.26. The summed E-state index contributed by atoms with van der Waals surface area (Å²) in [5.41, 5.74) is 1.04. The van der Waals surface area contributed by atoms with Gasteiger partial charge in [0.05, 0.1) is 0 Å². The van der Waals surface area contributed by atoms with Gasteiger partial charge in [0.15, 0.2) is 0 Å². The molecule has 0 fully saturated rings. The van der Waals surface area contributed by atoms with Crippen molar-refractivity contribution in [3.63, 3.8) is 0 Å². The molecule has 0 radical (unpaired) electrons. The predicted molar refractivity (Wildman–Crippen MR) is 50.0 cm³/mol. The number of hydrogen-bond acceptors (Lipinski definition) is 2. The molecular weight excluding hydrogens is 136 g/mol. The van der Waals surface area contributed by atoms with Crippen LogP contribution < -0.4 is 5.32 Å². The molecular formula is C9H18N2. The second kappa shape index (κ2) is 4.94. The van der Waals surface area contributed by atoms with Crippen LogP contribution in [0.25, 0.3) is 0 Å². The standard InChI is InChI=1S/C9H18N2/c1-7(2)9(5-10)6-11-8(3)4/h5-8,10-11H,1-4H3/b9-6+,10-5?. The molecule has 0 unspecified atom stereocenters. The number of nitrogens with one attached hydrogen (secondary N) is 2. The van der Waals surface area contributed by atoms with Crippen molar-refractivity contribution in [2.75, 3.05) is 0 Å². The monoisotopic (exact) mass is 154 g/mol. The summed E-state index contributed by atoms with van der Waals surface area (Å²) in [6.45, 7) is 8.33. The minimum atomic E-state index is 0.429. The van der Waals surface area contributed by atoms with Crippen LogP contribution in [0.1, 0.15) is 27.7 Å². The molecule has 0 bridgehead atoms. The predicted octanol–water partition coefficient (Wildman–Crippen LogP) is 2.17. The maximum Gasteiger partial charge on any atom is 0.0226 e. The molecule has 0 heterocycles. The lowest BCUT2D eigenvalue weighted by atomic mass is 10.1. The van der Waals surface area contributed by atoms with Crippen molar-refractivity contribution in [2.45, 2.75) is 33.7 Å². The zero-order valence-electron chi connectivity index (χ0n) is 7.81. The lowest BCUT2D eigenvalue weighted by Crippen LogP contribution is -2.17. The van der Waals surface area contributed by atoms with E-state index in [0.29, 0.717) is 12.0 Å². The van der Waals surface area contributed by atoms with Crippen molar-refractivity contribution in [2.24, 2.45) is 5.92 Å². The summed E-state index contributed by atoms with van der Waals surface area (Å²) in [5.74, 6) is 0.429. The summed E-state index contributed by atoms with van der Waals surface area (Å²) in [6.07, 6.45) is 3.32.